The predicted octanol–water partition coefficient (Wildman–Crippen LogP) is 2.20. The predicted molar refractivity (Wildman–Crippen MR) is 81.8 cm³/mol. The van der Waals surface area contributed by atoms with Crippen LogP contribution in [-0.4, -0.2) is 27.4 Å². The van der Waals surface area contributed by atoms with Crippen molar-refractivity contribution in [2.45, 2.75) is 33.2 Å². The Kier molecular flexibility index (Phi) is 5.09. The minimum Gasteiger partial charge on any atom is -0.354 e. The average molecular weight is 286 g/mol. The third-order valence-corrected chi connectivity index (χ3v) is 3.46. The van der Waals surface area contributed by atoms with Crippen LogP contribution in [0.4, 0.5) is 0 Å². The van der Waals surface area contributed by atoms with Gasteiger partial charge in [0.05, 0.1) is 12.2 Å². The van der Waals surface area contributed by atoms with E-state index < -0.39 is 0 Å². The Labute approximate surface area is 125 Å². The molecule has 1 heterocycles. The second-order valence-electron chi connectivity index (χ2n) is 5.48. The highest BCUT2D eigenvalue weighted by atomic mass is 16.1. The molecule has 112 valence electrons. The maximum absolute atomic E-state index is 11.5. The lowest BCUT2D eigenvalue weighted by Gasteiger charge is -2.08. The zero-order chi connectivity index (χ0) is 15.2. The van der Waals surface area contributed by atoms with Crippen molar-refractivity contribution < 1.29 is 4.79 Å². The first-order chi connectivity index (χ1) is 10.1. The Hall–Kier alpha value is -2.17. The molecule has 1 N–H and O–H groups in total. The zero-order valence-electron chi connectivity index (χ0n) is 12.8. The topological polar surface area (TPSA) is 59.8 Å². The summed E-state index contributed by atoms with van der Waals surface area (Å²) in [7, 11) is 0. The van der Waals surface area contributed by atoms with Crippen molar-refractivity contribution in [3.63, 3.8) is 0 Å². The molecule has 0 saturated carbocycles. The number of rotatable bonds is 6. The smallest absolute Gasteiger partial charge is 0.222 e. The molecule has 0 fully saturated rings. The molecule has 0 saturated heterocycles. The van der Waals surface area contributed by atoms with E-state index in [1.165, 1.54) is 5.56 Å². The average Bonchev–Trinajstić information content (AvgIpc) is 2.96. The molecule has 0 aliphatic carbocycles. The van der Waals surface area contributed by atoms with Crippen molar-refractivity contribution in [2.24, 2.45) is 5.92 Å². The summed E-state index contributed by atoms with van der Waals surface area (Å²) >= 11 is 0. The molecule has 0 unspecified atom stereocenters. The van der Waals surface area contributed by atoms with Gasteiger partial charge in [-0.15, -0.1) is 5.10 Å². The molecule has 0 radical (unpaired) electrons. The van der Waals surface area contributed by atoms with Crippen LogP contribution in [0.3, 0.4) is 0 Å². The Morgan fingerprint density at radius 3 is 2.62 bits per heavy atom. The molecule has 1 aromatic heterocycles. The quantitative estimate of drug-likeness (QED) is 0.885. The Bertz CT molecular complexity index is 577. The van der Waals surface area contributed by atoms with E-state index in [4.69, 9.17) is 0 Å². The molecule has 5 heteroatoms. The van der Waals surface area contributed by atoms with Crippen molar-refractivity contribution in [1.29, 1.82) is 0 Å². The SMILES string of the molecule is CC(C)C(=O)NCCn1cc([C@H](C)c2ccccc2)nn1. The molecular formula is C16H22N4O. The van der Waals surface area contributed by atoms with Gasteiger partial charge < -0.3 is 5.32 Å². The van der Waals surface area contributed by atoms with Crippen LogP contribution >= 0.6 is 0 Å². The summed E-state index contributed by atoms with van der Waals surface area (Å²) < 4.78 is 1.77. The fourth-order valence-electron chi connectivity index (χ4n) is 2.03. The van der Waals surface area contributed by atoms with Crippen LogP contribution in [0.2, 0.25) is 0 Å². The second-order valence-corrected chi connectivity index (χ2v) is 5.48. The fourth-order valence-corrected chi connectivity index (χ4v) is 2.03. The van der Waals surface area contributed by atoms with Gasteiger partial charge in [-0.2, -0.15) is 0 Å². The molecule has 0 spiro atoms. The van der Waals surface area contributed by atoms with E-state index in [0.29, 0.717) is 13.1 Å². The normalized spacial score (nSPS) is 12.4. The Morgan fingerprint density at radius 1 is 1.24 bits per heavy atom. The number of hydrogen-bond acceptors (Lipinski definition) is 3. The van der Waals surface area contributed by atoms with Gasteiger partial charge in [0.1, 0.15) is 0 Å². The first-order valence-corrected chi connectivity index (χ1v) is 7.30. The molecule has 1 amide bonds. The van der Waals surface area contributed by atoms with E-state index in [1.807, 2.05) is 38.2 Å². The molecule has 0 aliphatic rings. The fraction of sp³-hybridized carbons (Fsp3) is 0.438. The van der Waals surface area contributed by atoms with E-state index >= 15 is 0 Å². The number of benzene rings is 1. The van der Waals surface area contributed by atoms with Gasteiger partial charge in [-0.3, -0.25) is 9.48 Å². The standard InChI is InChI=1S/C16H22N4O/c1-12(2)16(21)17-9-10-20-11-15(18-19-20)13(3)14-7-5-4-6-8-14/h4-8,11-13H,9-10H2,1-3H3,(H,17,21)/t13-/m1/s1. The third kappa shape index (κ3) is 4.15. The largest absolute Gasteiger partial charge is 0.354 e. The van der Waals surface area contributed by atoms with Crippen LogP contribution in [0.1, 0.15) is 37.9 Å². The summed E-state index contributed by atoms with van der Waals surface area (Å²) in [5.41, 5.74) is 2.16. The van der Waals surface area contributed by atoms with Crippen LogP contribution in [0, 0.1) is 5.92 Å². The number of hydrogen-bond donors (Lipinski definition) is 1. The molecule has 2 aromatic rings. The summed E-state index contributed by atoms with van der Waals surface area (Å²) in [5.74, 6) is 0.285. The van der Waals surface area contributed by atoms with Gasteiger partial charge in [0, 0.05) is 24.6 Å². The molecule has 1 atom stereocenters. The highest BCUT2D eigenvalue weighted by Crippen LogP contribution is 2.21. The van der Waals surface area contributed by atoms with Crippen molar-refractivity contribution in [3.8, 4) is 0 Å². The van der Waals surface area contributed by atoms with Crippen molar-refractivity contribution >= 4 is 5.91 Å². The van der Waals surface area contributed by atoms with Gasteiger partial charge in [-0.05, 0) is 5.56 Å². The van der Waals surface area contributed by atoms with Crippen LogP contribution in [0.25, 0.3) is 0 Å². The summed E-state index contributed by atoms with van der Waals surface area (Å²) in [6, 6.07) is 10.2. The number of aromatic nitrogens is 3. The van der Waals surface area contributed by atoms with Crippen molar-refractivity contribution in [2.75, 3.05) is 6.54 Å². The third-order valence-electron chi connectivity index (χ3n) is 3.46. The van der Waals surface area contributed by atoms with Gasteiger partial charge in [0.25, 0.3) is 0 Å². The highest BCUT2D eigenvalue weighted by Gasteiger charge is 2.12. The first kappa shape index (κ1) is 15.2. The number of amides is 1. The van der Waals surface area contributed by atoms with Gasteiger partial charge in [-0.25, -0.2) is 0 Å². The minimum atomic E-state index is 0.00871. The summed E-state index contributed by atoms with van der Waals surface area (Å²) in [4.78, 5) is 11.5. The maximum Gasteiger partial charge on any atom is 0.222 e. The maximum atomic E-state index is 11.5. The minimum absolute atomic E-state index is 0.00871. The Balaban J connectivity index is 1.91. The second kappa shape index (κ2) is 7.02. The van der Waals surface area contributed by atoms with E-state index in [1.54, 1.807) is 4.68 Å². The van der Waals surface area contributed by atoms with Crippen LogP contribution in [0.5, 0.6) is 0 Å². The van der Waals surface area contributed by atoms with E-state index in [9.17, 15) is 4.79 Å². The lowest BCUT2D eigenvalue weighted by Crippen LogP contribution is -2.30. The lowest BCUT2D eigenvalue weighted by atomic mass is 9.99. The van der Waals surface area contributed by atoms with Gasteiger partial charge in [-0.1, -0.05) is 56.3 Å². The summed E-state index contributed by atoms with van der Waals surface area (Å²) in [6.45, 7) is 7.08. The number of carbonyl (C=O) groups excluding carboxylic acids is 1. The van der Waals surface area contributed by atoms with E-state index in [-0.39, 0.29) is 17.7 Å². The van der Waals surface area contributed by atoms with Crippen LogP contribution < -0.4 is 5.32 Å². The molecular weight excluding hydrogens is 264 g/mol. The number of carbonyl (C=O) groups is 1. The molecule has 1 aromatic carbocycles. The number of nitrogens with zero attached hydrogens (tertiary/aromatic N) is 3. The highest BCUT2D eigenvalue weighted by molar-refractivity contribution is 5.77. The first-order valence-electron chi connectivity index (χ1n) is 7.30. The molecule has 21 heavy (non-hydrogen) atoms. The van der Waals surface area contributed by atoms with Gasteiger partial charge >= 0.3 is 0 Å². The van der Waals surface area contributed by atoms with Crippen molar-refractivity contribution in [3.05, 3.63) is 47.8 Å². The molecule has 2 rings (SSSR count). The van der Waals surface area contributed by atoms with Crippen LogP contribution in [0.15, 0.2) is 36.5 Å². The number of nitrogens with one attached hydrogen (secondary N) is 1. The Morgan fingerprint density at radius 2 is 1.95 bits per heavy atom. The molecule has 0 aliphatic heterocycles. The lowest BCUT2D eigenvalue weighted by molar-refractivity contribution is -0.124. The van der Waals surface area contributed by atoms with Crippen LogP contribution in [-0.2, 0) is 11.3 Å². The zero-order valence-corrected chi connectivity index (χ0v) is 12.8. The van der Waals surface area contributed by atoms with E-state index in [2.05, 4.69) is 34.7 Å². The van der Waals surface area contributed by atoms with Gasteiger partial charge in [0.15, 0.2) is 0 Å². The molecule has 5 nitrogen and oxygen atoms in total. The monoisotopic (exact) mass is 286 g/mol. The van der Waals surface area contributed by atoms with Gasteiger partial charge in [0.2, 0.25) is 5.91 Å². The van der Waals surface area contributed by atoms with Crippen molar-refractivity contribution in [1.82, 2.24) is 20.3 Å². The van der Waals surface area contributed by atoms with E-state index in [0.717, 1.165) is 5.69 Å². The molecule has 0 bridgehead atoms. The summed E-state index contributed by atoms with van der Waals surface area (Å²) in [5, 5.41) is 11.2. The summed E-state index contributed by atoms with van der Waals surface area (Å²) in [6.07, 6.45) is 1.94.